The minimum absolute atomic E-state index is 0.735. The SMILES string of the molecule is [CH]Nc1nc(-c2ccccc2)cs1. The summed E-state index contributed by atoms with van der Waals surface area (Å²) in [5, 5.41) is 5.24. The van der Waals surface area contributed by atoms with Gasteiger partial charge < -0.3 is 5.32 Å². The van der Waals surface area contributed by atoms with Crippen LogP contribution in [0.3, 0.4) is 0 Å². The van der Waals surface area contributed by atoms with Crippen LogP contribution in [0.4, 0.5) is 5.13 Å². The topological polar surface area (TPSA) is 24.9 Å². The maximum atomic E-state index is 5.24. The fourth-order valence-electron chi connectivity index (χ4n) is 1.08. The average Bonchev–Trinajstić information content (AvgIpc) is 2.67. The van der Waals surface area contributed by atoms with E-state index in [0.29, 0.717) is 0 Å². The number of aromatic nitrogens is 1. The molecule has 0 bridgehead atoms. The van der Waals surface area contributed by atoms with E-state index in [1.165, 1.54) is 11.3 Å². The van der Waals surface area contributed by atoms with E-state index in [-0.39, 0.29) is 0 Å². The van der Waals surface area contributed by atoms with E-state index in [1.807, 2.05) is 35.7 Å². The van der Waals surface area contributed by atoms with Crippen molar-refractivity contribution in [1.29, 1.82) is 0 Å². The Kier molecular flexibility index (Phi) is 2.27. The number of thiazole rings is 1. The van der Waals surface area contributed by atoms with Crippen molar-refractivity contribution in [3.8, 4) is 11.3 Å². The Morgan fingerprint density at radius 3 is 2.62 bits per heavy atom. The maximum Gasteiger partial charge on any atom is 0.183 e. The molecular weight excluding hydrogens is 180 g/mol. The largest absolute Gasteiger partial charge is 0.354 e. The van der Waals surface area contributed by atoms with Gasteiger partial charge in [0.25, 0.3) is 0 Å². The van der Waals surface area contributed by atoms with Crippen LogP contribution in [-0.2, 0) is 0 Å². The Labute approximate surface area is 81.3 Å². The van der Waals surface area contributed by atoms with Crippen LogP contribution in [0.25, 0.3) is 11.3 Å². The van der Waals surface area contributed by atoms with Crippen molar-refractivity contribution in [3.63, 3.8) is 0 Å². The molecule has 0 atom stereocenters. The standard InChI is InChI=1S/C10H8N2S/c1-11-10-12-9(7-13-10)8-5-3-2-4-6-8/h1-7H,(H,11,12). The highest BCUT2D eigenvalue weighted by molar-refractivity contribution is 7.14. The van der Waals surface area contributed by atoms with Crippen molar-refractivity contribution in [3.05, 3.63) is 42.8 Å². The van der Waals surface area contributed by atoms with Gasteiger partial charge in [-0.3, -0.25) is 0 Å². The number of nitrogens with zero attached hydrogens (tertiary/aromatic N) is 1. The first kappa shape index (κ1) is 8.26. The smallest absolute Gasteiger partial charge is 0.183 e. The van der Waals surface area contributed by atoms with Gasteiger partial charge in [0.2, 0.25) is 0 Å². The lowest BCUT2D eigenvalue weighted by Crippen LogP contribution is -1.82. The second kappa shape index (κ2) is 3.58. The van der Waals surface area contributed by atoms with E-state index < -0.39 is 0 Å². The van der Waals surface area contributed by atoms with Gasteiger partial charge in [-0.05, 0) is 0 Å². The molecule has 2 rings (SSSR count). The molecule has 2 radical (unpaired) electrons. The summed E-state index contributed by atoms with van der Waals surface area (Å²) >= 11 is 1.50. The predicted molar refractivity (Wildman–Crippen MR) is 55.5 cm³/mol. The molecule has 0 fully saturated rings. The lowest BCUT2D eigenvalue weighted by atomic mass is 10.2. The first-order chi connectivity index (χ1) is 6.40. The molecule has 1 aromatic carbocycles. The molecule has 0 amide bonds. The minimum Gasteiger partial charge on any atom is -0.354 e. The Balaban J connectivity index is 2.36. The van der Waals surface area contributed by atoms with Crippen molar-refractivity contribution in [2.45, 2.75) is 0 Å². The molecule has 3 heteroatoms. The number of benzene rings is 1. The highest BCUT2D eigenvalue weighted by Crippen LogP contribution is 2.23. The minimum atomic E-state index is 0.735. The molecule has 0 spiro atoms. The maximum absolute atomic E-state index is 5.24. The van der Waals surface area contributed by atoms with Gasteiger partial charge in [-0.1, -0.05) is 30.3 Å². The highest BCUT2D eigenvalue weighted by Gasteiger charge is 2.01. The van der Waals surface area contributed by atoms with E-state index in [4.69, 9.17) is 7.05 Å². The molecule has 1 aromatic heterocycles. The fourth-order valence-corrected chi connectivity index (χ4v) is 1.71. The summed E-state index contributed by atoms with van der Waals surface area (Å²) in [6.07, 6.45) is 0. The van der Waals surface area contributed by atoms with Gasteiger partial charge in [0.1, 0.15) is 0 Å². The zero-order valence-electron chi connectivity index (χ0n) is 6.90. The second-order valence-corrected chi connectivity index (χ2v) is 3.41. The first-order valence-corrected chi connectivity index (χ1v) is 4.75. The number of nitrogens with one attached hydrogen (secondary N) is 1. The van der Waals surface area contributed by atoms with Crippen LogP contribution in [0.1, 0.15) is 0 Å². The summed E-state index contributed by atoms with van der Waals surface area (Å²) in [7, 11) is 5.24. The third kappa shape index (κ3) is 1.70. The van der Waals surface area contributed by atoms with E-state index in [0.717, 1.165) is 16.4 Å². The van der Waals surface area contributed by atoms with Crippen LogP contribution in [-0.4, -0.2) is 4.98 Å². The van der Waals surface area contributed by atoms with Gasteiger partial charge in [0.15, 0.2) is 5.13 Å². The molecule has 0 saturated heterocycles. The van der Waals surface area contributed by atoms with Gasteiger partial charge in [0.05, 0.1) is 12.7 Å². The van der Waals surface area contributed by atoms with Gasteiger partial charge >= 0.3 is 0 Å². The third-order valence-corrected chi connectivity index (χ3v) is 2.47. The summed E-state index contributed by atoms with van der Waals surface area (Å²) in [4.78, 5) is 4.28. The number of rotatable bonds is 2. The van der Waals surface area contributed by atoms with Crippen LogP contribution in [0.5, 0.6) is 0 Å². The molecule has 0 saturated carbocycles. The Hall–Kier alpha value is -1.35. The van der Waals surface area contributed by atoms with Crippen molar-refractivity contribution in [2.24, 2.45) is 0 Å². The Morgan fingerprint density at radius 1 is 1.23 bits per heavy atom. The molecule has 0 aliphatic carbocycles. The number of hydrogen-bond acceptors (Lipinski definition) is 3. The molecule has 2 aromatic rings. The normalized spacial score (nSPS) is 9.92. The van der Waals surface area contributed by atoms with E-state index in [1.54, 1.807) is 0 Å². The van der Waals surface area contributed by atoms with Gasteiger partial charge in [-0.25, -0.2) is 4.98 Å². The molecule has 2 nitrogen and oxygen atoms in total. The zero-order chi connectivity index (χ0) is 9.10. The summed E-state index contributed by atoms with van der Waals surface area (Å²) in [6.45, 7) is 0. The molecule has 13 heavy (non-hydrogen) atoms. The predicted octanol–water partition coefficient (Wildman–Crippen LogP) is 2.89. The van der Waals surface area contributed by atoms with E-state index in [2.05, 4.69) is 10.3 Å². The van der Waals surface area contributed by atoms with Crippen LogP contribution < -0.4 is 5.32 Å². The van der Waals surface area contributed by atoms with E-state index in [9.17, 15) is 0 Å². The van der Waals surface area contributed by atoms with Gasteiger partial charge in [-0.15, -0.1) is 11.3 Å². The fraction of sp³-hybridized carbons (Fsp3) is 0. The average molecular weight is 188 g/mol. The number of hydrogen-bond donors (Lipinski definition) is 1. The van der Waals surface area contributed by atoms with Gasteiger partial charge in [0, 0.05) is 10.9 Å². The van der Waals surface area contributed by atoms with Crippen LogP contribution in [0, 0.1) is 7.05 Å². The second-order valence-electron chi connectivity index (χ2n) is 2.55. The van der Waals surface area contributed by atoms with Crippen LogP contribution >= 0.6 is 11.3 Å². The van der Waals surface area contributed by atoms with Crippen molar-refractivity contribution in [1.82, 2.24) is 4.98 Å². The Bertz CT molecular complexity index is 381. The molecule has 0 aliphatic heterocycles. The van der Waals surface area contributed by atoms with E-state index >= 15 is 0 Å². The summed E-state index contributed by atoms with van der Waals surface area (Å²) in [6, 6.07) is 10.0. The molecule has 1 N–H and O–H groups in total. The third-order valence-electron chi connectivity index (χ3n) is 1.70. The quantitative estimate of drug-likeness (QED) is 0.733. The summed E-state index contributed by atoms with van der Waals surface area (Å²) in [5.41, 5.74) is 2.07. The lowest BCUT2D eigenvalue weighted by Gasteiger charge is -1.93. The Morgan fingerprint density at radius 2 is 2.00 bits per heavy atom. The van der Waals surface area contributed by atoms with Crippen molar-refractivity contribution < 1.29 is 0 Å². The molecule has 0 aliphatic rings. The monoisotopic (exact) mass is 188 g/mol. The molecule has 0 unspecified atom stereocenters. The number of anilines is 1. The molecule has 1 heterocycles. The van der Waals surface area contributed by atoms with Crippen LogP contribution in [0.2, 0.25) is 0 Å². The van der Waals surface area contributed by atoms with Crippen molar-refractivity contribution >= 4 is 16.5 Å². The first-order valence-electron chi connectivity index (χ1n) is 3.88. The molecular formula is C10H8N2S. The summed E-state index contributed by atoms with van der Waals surface area (Å²) in [5.74, 6) is 0. The zero-order valence-corrected chi connectivity index (χ0v) is 7.71. The lowest BCUT2D eigenvalue weighted by molar-refractivity contribution is 1.39. The van der Waals surface area contributed by atoms with Crippen LogP contribution in [0.15, 0.2) is 35.7 Å². The molecule has 64 valence electrons. The summed E-state index contributed by atoms with van der Waals surface area (Å²) < 4.78 is 0. The van der Waals surface area contributed by atoms with Gasteiger partial charge in [-0.2, -0.15) is 0 Å². The highest BCUT2D eigenvalue weighted by atomic mass is 32.1. The van der Waals surface area contributed by atoms with Crippen molar-refractivity contribution in [2.75, 3.05) is 5.32 Å².